The zero-order chi connectivity index (χ0) is 23.9. The monoisotopic (exact) mass is 462 g/mol. The Hall–Kier alpha value is -3.25. The topological polar surface area (TPSA) is 213 Å². The summed E-state index contributed by atoms with van der Waals surface area (Å²) in [4.78, 5) is 40.0. The number of nitrogens with two attached hydrogens (primary N) is 1. The number of phenolic OH excluding ortho intramolecular Hbond substituents is 1. The maximum absolute atomic E-state index is 13.7. The maximum Gasteiger partial charge on any atom is 0.255 e. The van der Waals surface area contributed by atoms with Crippen LogP contribution in [0.4, 0.5) is 0 Å². The summed E-state index contributed by atoms with van der Waals surface area (Å²) in [5, 5.41) is 54.9. The van der Waals surface area contributed by atoms with Crippen LogP contribution >= 0.6 is 0 Å². The molecule has 0 unspecified atom stereocenters. The minimum atomic E-state index is -2.75. The third-order valence-electron chi connectivity index (χ3n) is 7.02. The molecule has 0 aliphatic heterocycles. The molecule has 0 heterocycles. The predicted molar refractivity (Wildman–Crippen MR) is 114 cm³/mol. The molecule has 0 radical (unpaired) electrons. The van der Waals surface area contributed by atoms with E-state index in [-0.39, 0.29) is 23.0 Å². The third-order valence-corrected chi connectivity index (χ3v) is 7.02. The standard InChI is InChI=1S/C22H24N2O8.H2O/c1-21(31)8-5-4-6-11(25)12(8)16(26)13-9(21)7-10-15(24(2)3)17(27)14(20(23)30)19(29)22(10,32)18(13)28;/h4-6,9-10,15,25-26,29,31-32H,7H2,1-3H3,(H2,23,30);1H2/t9-,10-,15-,21+,22-;/m0./s1. The molecule has 11 nitrogen and oxygen atoms in total. The lowest BCUT2D eigenvalue weighted by Gasteiger charge is -2.53. The Kier molecular flexibility index (Phi) is 5.46. The number of phenols is 1. The first-order valence-electron chi connectivity index (χ1n) is 9.97. The van der Waals surface area contributed by atoms with Gasteiger partial charge in [0, 0.05) is 17.4 Å². The first-order chi connectivity index (χ1) is 14.8. The van der Waals surface area contributed by atoms with Crippen LogP contribution in [0.15, 0.2) is 35.1 Å². The van der Waals surface area contributed by atoms with Crippen LogP contribution in [0.25, 0.3) is 5.76 Å². The Bertz CT molecular complexity index is 1150. The largest absolute Gasteiger partial charge is 0.508 e. The molecule has 9 N–H and O–H groups in total. The van der Waals surface area contributed by atoms with E-state index in [4.69, 9.17) is 5.73 Å². The number of aliphatic hydroxyl groups excluding tert-OH is 2. The molecule has 1 amide bonds. The Labute approximate surface area is 188 Å². The van der Waals surface area contributed by atoms with Gasteiger partial charge in [-0.05, 0) is 39.1 Å². The number of carbonyl (C=O) groups is 3. The number of hydrogen-bond acceptors (Lipinski definition) is 9. The summed E-state index contributed by atoms with van der Waals surface area (Å²) in [6.07, 6.45) is -0.200. The summed E-state index contributed by atoms with van der Waals surface area (Å²) >= 11 is 0. The molecule has 178 valence electrons. The van der Waals surface area contributed by atoms with Gasteiger partial charge in [0.05, 0.1) is 17.2 Å². The summed E-state index contributed by atoms with van der Waals surface area (Å²) in [5.74, 6) is -7.90. The molecule has 5 atom stereocenters. The van der Waals surface area contributed by atoms with Crippen molar-refractivity contribution in [2.24, 2.45) is 17.6 Å². The zero-order valence-electron chi connectivity index (χ0n) is 18.2. The lowest BCUT2D eigenvalue weighted by molar-refractivity contribution is -0.159. The van der Waals surface area contributed by atoms with E-state index in [1.165, 1.54) is 44.1 Å². The molecule has 1 aromatic carbocycles. The Balaban J connectivity index is 0.00000306. The van der Waals surface area contributed by atoms with E-state index in [2.05, 4.69) is 0 Å². The summed E-state index contributed by atoms with van der Waals surface area (Å²) in [5.41, 5.74) is -0.548. The van der Waals surface area contributed by atoms with Crippen molar-refractivity contribution in [3.63, 3.8) is 0 Å². The summed E-state index contributed by atoms with van der Waals surface area (Å²) in [6, 6.07) is 3.02. The minimum Gasteiger partial charge on any atom is -0.508 e. The first-order valence-corrected chi connectivity index (χ1v) is 9.97. The van der Waals surface area contributed by atoms with Crippen molar-refractivity contribution in [1.29, 1.82) is 0 Å². The molecule has 1 aromatic rings. The smallest absolute Gasteiger partial charge is 0.255 e. The van der Waals surface area contributed by atoms with E-state index in [1.54, 1.807) is 0 Å². The van der Waals surface area contributed by atoms with Crippen LogP contribution in [0, 0.1) is 11.8 Å². The van der Waals surface area contributed by atoms with Crippen molar-refractivity contribution in [2.45, 2.75) is 30.6 Å². The number of primary amides is 1. The molecule has 3 aliphatic rings. The molecule has 1 saturated carbocycles. The average Bonchev–Trinajstić information content (AvgIpc) is 2.68. The van der Waals surface area contributed by atoms with Gasteiger partial charge in [0.2, 0.25) is 5.78 Å². The van der Waals surface area contributed by atoms with Crippen LogP contribution in [0.1, 0.15) is 24.5 Å². The molecule has 0 aromatic heterocycles. The molecule has 11 heteroatoms. The molecular formula is C22H26N2O9. The number of Topliss-reactive ketones (excluding diaryl/α,β-unsaturated/α-hetero) is 2. The number of rotatable bonds is 2. The summed E-state index contributed by atoms with van der Waals surface area (Å²) < 4.78 is 0. The van der Waals surface area contributed by atoms with Crippen LogP contribution in [0.3, 0.4) is 0 Å². The highest BCUT2D eigenvalue weighted by Crippen LogP contribution is 2.57. The van der Waals surface area contributed by atoms with Gasteiger partial charge in [0.1, 0.15) is 22.8 Å². The molecule has 1 fully saturated rings. The van der Waals surface area contributed by atoms with Crippen LogP contribution in [0.2, 0.25) is 0 Å². The average molecular weight is 462 g/mol. The van der Waals surface area contributed by atoms with Crippen LogP contribution in [-0.2, 0) is 20.0 Å². The van der Waals surface area contributed by atoms with Crippen molar-refractivity contribution < 1.29 is 45.4 Å². The number of benzene rings is 1. The lowest BCUT2D eigenvalue weighted by Crippen LogP contribution is -2.67. The van der Waals surface area contributed by atoms with E-state index >= 15 is 0 Å². The number of hydrogen-bond donors (Lipinski definition) is 6. The van der Waals surface area contributed by atoms with Crippen LogP contribution in [-0.4, -0.2) is 79.1 Å². The fourth-order valence-electron chi connectivity index (χ4n) is 5.50. The van der Waals surface area contributed by atoms with Crippen molar-refractivity contribution in [3.05, 3.63) is 46.2 Å². The van der Waals surface area contributed by atoms with E-state index < -0.39 is 75.0 Å². The number of likely N-dealkylation sites (N-methyl/N-ethyl adjacent to an activating group) is 1. The fourth-order valence-corrected chi connectivity index (χ4v) is 5.50. The second-order valence-corrected chi connectivity index (χ2v) is 8.96. The highest BCUT2D eigenvalue weighted by molar-refractivity contribution is 6.24. The van der Waals surface area contributed by atoms with E-state index in [0.29, 0.717) is 0 Å². The molecule has 0 saturated heterocycles. The normalized spacial score (nSPS) is 33.3. The first kappa shape index (κ1) is 24.4. The maximum atomic E-state index is 13.7. The minimum absolute atomic E-state index is 0. The predicted octanol–water partition coefficient (Wildman–Crippen LogP) is -1.20. The van der Waals surface area contributed by atoms with E-state index in [9.17, 15) is 39.9 Å². The van der Waals surface area contributed by atoms with Gasteiger partial charge in [0.15, 0.2) is 11.4 Å². The van der Waals surface area contributed by atoms with Gasteiger partial charge in [-0.2, -0.15) is 0 Å². The highest BCUT2D eigenvalue weighted by atomic mass is 16.3. The molecule has 33 heavy (non-hydrogen) atoms. The van der Waals surface area contributed by atoms with E-state index in [0.717, 1.165) is 0 Å². The van der Waals surface area contributed by atoms with Crippen LogP contribution in [0.5, 0.6) is 5.75 Å². The number of amides is 1. The second kappa shape index (κ2) is 7.39. The number of fused-ring (bicyclic) bond motifs is 3. The van der Waals surface area contributed by atoms with Crippen LogP contribution < -0.4 is 5.73 Å². The second-order valence-electron chi connectivity index (χ2n) is 8.96. The summed E-state index contributed by atoms with van der Waals surface area (Å²) in [6.45, 7) is 1.40. The molecule has 4 rings (SSSR count). The molecule has 0 spiro atoms. The Morgan fingerprint density at radius 3 is 2.30 bits per heavy atom. The Morgan fingerprint density at radius 1 is 1.15 bits per heavy atom. The SMILES string of the molecule is CN(C)[C@@H]1C(=O)C(C(N)=O)=C(O)[C@@]2(O)C(=O)C3=C(O)c4c(O)cccc4[C@@](C)(O)[C@H]3C[C@@H]12.O. The van der Waals surface area contributed by atoms with Crippen molar-refractivity contribution in [3.8, 4) is 5.75 Å². The lowest BCUT2D eigenvalue weighted by atomic mass is 9.54. The van der Waals surface area contributed by atoms with Gasteiger partial charge in [-0.1, -0.05) is 12.1 Å². The van der Waals surface area contributed by atoms with E-state index in [1.807, 2.05) is 0 Å². The number of aliphatic hydroxyl groups is 4. The third kappa shape index (κ3) is 2.86. The number of ketones is 2. The van der Waals surface area contributed by atoms with Crippen molar-refractivity contribution >= 4 is 23.2 Å². The molecule has 3 aliphatic carbocycles. The van der Waals surface area contributed by atoms with Gasteiger partial charge < -0.3 is 36.7 Å². The van der Waals surface area contributed by atoms with Gasteiger partial charge in [-0.15, -0.1) is 0 Å². The van der Waals surface area contributed by atoms with Crippen molar-refractivity contribution in [1.82, 2.24) is 4.90 Å². The molecule has 0 bridgehead atoms. The number of aromatic hydroxyl groups is 1. The molecular weight excluding hydrogens is 436 g/mol. The van der Waals surface area contributed by atoms with Gasteiger partial charge in [-0.3, -0.25) is 19.3 Å². The van der Waals surface area contributed by atoms with Gasteiger partial charge in [0.25, 0.3) is 5.91 Å². The van der Waals surface area contributed by atoms with Gasteiger partial charge >= 0.3 is 0 Å². The van der Waals surface area contributed by atoms with Crippen molar-refractivity contribution in [2.75, 3.05) is 14.1 Å². The zero-order valence-corrected chi connectivity index (χ0v) is 18.2. The number of carbonyl (C=O) groups excluding carboxylic acids is 3. The van der Waals surface area contributed by atoms with Gasteiger partial charge in [-0.25, -0.2) is 0 Å². The summed E-state index contributed by atoms with van der Waals surface area (Å²) in [7, 11) is 3.01. The number of nitrogens with zero attached hydrogens (tertiary/aromatic N) is 1. The Morgan fingerprint density at radius 2 is 1.76 bits per heavy atom. The quantitative estimate of drug-likeness (QED) is 0.291. The highest BCUT2D eigenvalue weighted by Gasteiger charge is 2.66. The fraction of sp³-hybridized carbons (Fsp3) is 0.409.